The van der Waals surface area contributed by atoms with Gasteiger partial charge in [-0.15, -0.1) is 0 Å². The summed E-state index contributed by atoms with van der Waals surface area (Å²) in [7, 11) is 0. The molecule has 7 nitrogen and oxygen atoms in total. The lowest BCUT2D eigenvalue weighted by atomic mass is 9.71. The van der Waals surface area contributed by atoms with E-state index >= 15 is 0 Å². The molecule has 2 aromatic rings. The van der Waals surface area contributed by atoms with Crippen molar-refractivity contribution < 1.29 is 14.6 Å². The van der Waals surface area contributed by atoms with Crippen LogP contribution in [0, 0.1) is 23.7 Å². The number of nitriles is 1. The first kappa shape index (κ1) is 21.9. The lowest BCUT2D eigenvalue weighted by Gasteiger charge is -2.47. The molecule has 3 aliphatic heterocycles. The maximum absolute atomic E-state index is 11.8. The summed E-state index contributed by atoms with van der Waals surface area (Å²) in [6.45, 7) is 6.71. The molecule has 172 valence electrons. The average molecular weight is 447 g/mol. The van der Waals surface area contributed by atoms with Gasteiger partial charge in [0, 0.05) is 31.4 Å². The fourth-order valence-electron chi connectivity index (χ4n) is 5.71. The number of β-amino-alcohol motifs (C(OH)–C–C–N with tert-alkyl or cyclic N) is 1. The molecule has 5 rings (SSSR count). The number of likely N-dealkylation sites (tertiary alicyclic amines) is 1. The van der Waals surface area contributed by atoms with Crippen LogP contribution < -0.4 is 4.90 Å². The first-order chi connectivity index (χ1) is 16.0. The number of carbonyl (C=O) groups excluding carboxylic acids is 1. The van der Waals surface area contributed by atoms with E-state index < -0.39 is 6.10 Å². The van der Waals surface area contributed by atoms with Crippen LogP contribution in [0.5, 0.6) is 0 Å². The molecule has 0 saturated carbocycles. The number of hydrogen-bond acceptors (Lipinski definition) is 7. The summed E-state index contributed by atoms with van der Waals surface area (Å²) < 4.78 is 5.15. The van der Waals surface area contributed by atoms with Crippen LogP contribution in [-0.4, -0.2) is 53.7 Å². The highest BCUT2D eigenvalue weighted by atomic mass is 16.5. The van der Waals surface area contributed by atoms with E-state index in [1.54, 1.807) is 12.3 Å². The standard InChI is InChI=1S/C26H30N4O3/c1-18-20(4-5-21-22(18)17-33-25(21)32)23(31)16-29-11-6-26(7-12-29)8-13-30(14-9-26)24-19(15-27)3-2-10-28-24/h2-5,10,23,31H,6-9,11-14,16-17H2,1H3. The van der Waals surface area contributed by atoms with Gasteiger partial charge in [0.05, 0.1) is 17.2 Å². The Kier molecular flexibility index (Phi) is 5.81. The number of rotatable bonds is 4. The molecule has 1 aromatic heterocycles. The minimum absolute atomic E-state index is 0.270. The van der Waals surface area contributed by atoms with Crippen molar-refractivity contribution in [2.75, 3.05) is 37.6 Å². The van der Waals surface area contributed by atoms with Crippen molar-refractivity contribution in [1.82, 2.24) is 9.88 Å². The summed E-state index contributed by atoms with van der Waals surface area (Å²) >= 11 is 0. The molecule has 1 spiro atoms. The number of piperidine rings is 2. The van der Waals surface area contributed by atoms with Crippen LogP contribution in [0.2, 0.25) is 0 Å². The molecule has 0 radical (unpaired) electrons. The Morgan fingerprint density at radius 2 is 1.91 bits per heavy atom. The normalized spacial score (nSPS) is 20.9. The van der Waals surface area contributed by atoms with Gasteiger partial charge in [0.2, 0.25) is 0 Å². The molecule has 2 fully saturated rings. The van der Waals surface area contributed by atoms with E-state index in [2.05, 4.69) is 20.9 Å². The minimum Gasteiger partial charge on any atom is -0.457 e. The maximum atomic E-state index is 11.8. The van der Waals surface area contributed by atoms with Crippen molar-refractivity contribution in [3.63, 3.8) is 0 Å². The highest BCUT2D eigenvalue weighted by molar-refractivity contribution is 5.93. The third-order valence-corrected chi connectivity index (χ3v) is 7.95. The monoisotopic (exact) mass is 446 g/mol. The maximum Gasteiger partial charge on any atom is 0.338 e. The number of ether oxygens (including phenoxy) is 1. The Labute approximate surface area is 194 Å². The number of fused-ring (bicyclic) bond motifs is 1. The first-order valence-corrected chi connectivity index (χ1v) is 11.8. The molecule has 0 aliphatic carbocycles. The molecule has 33 heavy (non-hydrogen) atoms. The number of aliphatic hydroxyl groups excluding tert-OH is 1. The van der Waals surface area contributed by atoms with Gasteiger partial charge in [0.15, 0.2) is 0 Å². The molecule has 4 heterocycles. The van der Waals surface area contributed by atoms with E-state index in [-0.39, 0.29) is 5.97 Å². The smallest absolute Gasteiger partial charge is 0.338 e. The molecule has 3 aliphatic rings. The van der Waals surface area contributed by atoms with Crippen molar-refractivity contribution in [3.05, 3.63) is 58.3 Å². The van der Waals surface area contributed by atoms with E-state index in [1.807, 2.05) is 25.1 Å². The van der Waals surface area contributed by atoms with Crippen LogP contribution in [0.4, 0.5) is 5.82 Å². The Hall–Kier alpha value is -2.95. The molecule has 1 unspecified atom stereocenters. The second-order valence-corrected chi connectivity index (χ2v) is 9.67. The topological polar surface area (TPSA) is 89.7 Å². The van der Waals surface area contributed by atoms with Gasteiger partial charge in [0.1, 0.15) is 18.5 Å². The second-order valence-electron chi connectivity index (χ2n) is 9.67. The molecule has 0 amide bonds. The Balaban J connectivity index is 1.17. The largest absolute Gasteiger partial charge is 0.457 e. The number of hydrogen-bond donors (Lipinski definition) is 1. The van der Waals surface area contributed by atoms with Crippen molar-refractivity contribution in [1.29, 1.82) is 5.26 Å². The first-order valence-electron chi connectivity index (χ1n) is 11.8. The number of cyclic esters (lactones) is 1. The number of carbonyl (C=O) groups is 1. The molecule has 1 N–H and O–H groups in total. The number of esters is 1. The van der Waals surface area contributed by atoms with Crippen LogP contribution in [-0.2, 0) is 11.3 Å². The molecule has 7 heteroatoms. The minimum atomic E-state index is -0.574. The van der Waals surface area contributed by atoms with Gasteiger partial charge in [-0.2, -0.15) is 5.26 Å². The van der Waals surface area contributed by atoms with Crippen molar-refractivity contribution >= 4 is 11.8 Å². The number of aliphatic hydroxyl groups is 1. The van der Waals surface area contributed by atoms with E-state index in [1.165, 1.54) is 0 Å². The highest BCUT2D eigenvalue weighted by Gasteiger charge is 2.38. The Morgan fingerprint density at radius 3 is 2.64 bits per heavy atom. The van der Waals surface area contributed by atoms with Gasteiger partial charge in [-0.25, -0.2) is 9.78 Å². The average Bonchev–Trinajstić information content (AvgIpc) is 3.23. The third kappa shape index (κ3) is 4.09. The highest BCUT2D eigenvalue weighted by Crippen LogP contribution is 2.42. The van der Waals surface area contributed by atoms with E-state index in [0.29, 0.717) is 29.7 Å². The van der Waals surface area contributed by atoms with E-state index in [4.69, 9.17) is 4.74 Å². The quantitative estimate of drug-likeness (QED) is 0.721. The van der Waals surface area contributed by atoms with Crippen LogP contribution in [0.1, 0.15) is 64.4 Å². The Morgan fingerprint density at radius 1 is 1.18 bits per heavy atom. The third-order valence-electron chi connectivity index (χ3n) is 7.95. The summed E-state index contributed by atoms with van der Waals surface area (Å²) in [4.78, 5) is 20.9. The number of anilines is 1. The lowest BCUT2D eigenvalue weighted by Crippen LogP contribution is -2.47. The summed E-state index contributed by atoms with van der Waals surface area (Å²) in [5.41, 5.74) is 4.40. The van der Waals surface area contributed by atoms with Crippen LogP contribution in [0.15, 0.2) is 30.5 Å². The summed E-state index contributed by atoms with van der Waals surface area (Å²) in [6, 6.07) is 9.58. The summed E-state index contributed by atoms with van der Waals surface area (Å²) in [6.07, 6.45) is 5.68. The Bertz CT molecular complexity index is 1090. The van der Waals surface area contributed by atoms with E-state index in [9.17, 15) is 15.2 Å². The molecule has 2 saturated heterocycles. The van der Waals surface area contributed by atoms with Gasteiger partial charge >= 0.3 is 5.97 Å². The molecular formula is C26H30N4O3. The summed E-state index contributed by atoms with van der Waals surface area (Å²) in [5.74, 6) is 0.542. The predicted molar refractivity (Wildman–Crippen MR) is 124 cm³/mol. The predicted octanol–water partition coefficient (Wildman–Crippen LogP) is 3.35. The zero-order valence-corrected chi connectivity index (χ0v) is 19.1. The van der Waals surface area contributed by atoms with Gasteiger partial charge < -0.3 is 19.6 Å². The fourth-order valence-corrected chi connectivity index (χ4v) is 5.71. The molecular weight excluding hydrogens is 416 g/mol. The zero-order valence-electron chi connectivity index (χ0n) is 19.1. The van der Waals surface area contributed by atoms with Crippen molar-refractivity contribution in [2.24, 2.45) is 5.41 Å². The SMILES string of the molecule is Cc1c(C(O)CN2CCC3(CC2)CCN(c2ncccc2C#N)CC3)ccc2c1COC2=O. The van der Waals surface area contributed by atoms with Crippen LogP contribution in [0.25, 0.3) is 0 Å². The van der Waals surface area contributed by atoms with Crippen LogP contribution in [0.3, 0.4) is 0 Å². The molecule has 0 bridgehead atoms. The zero-order chi connectivity index (χ0) is 23.0. The number of pyridine rings is 1. The fraction of sp³-hybridized carbons (Fsp3) is 0.500. The molecule has 1 atom stereocenters. The van der Waals surface area contributed by atoms with Gasteiger partial charge in [0.25, 0.3) is 0 Å². The van der Waals surface area contributed by atoms with Crippen molar-refractivity contribution in [2.45, 2.75) is 45.3 Å². The lowest BCUT2D eigenvalue weighted by molar-refractivity contribution is 0.0447. The van der Waals surface area contributed by atoms with Crippen molar-refractivity contribution in [3.8, 4) is 6.07 Å². The van der Waals surface area contributed by atoms with Gasteiger partial charge in [-0.05, 0) is 80.4 Å². The number of benzene rings is 1. The number of aromatic nitrogens is 1. The summed E-state index contributed by atoms with van der Waals surface area (Å²) in [5, 5.41) is 20.3. The van der Waals surface area contributed by atoms with Crippen LogP contribution >= 0.6 is 0 Å². The second kappa shape index (κ2) is 8.77. The number of nitrogens with zero attached hydrogens (tertiary/aromatic N) is 4. The molecule has 1 aromatic carbocycles. The van der Waals surface area contributed by atoms with E-state index in [0.717, 1.165) is 74.4 Å². The van der Waals surface area contributed by atoms with Gasteiger partial charge in [-0.1, -0.05) is 6.07 Å². The van der Waals surface area contributed by atoms with Gasteiger partial charge in [-0.3, -0.25) is 0 Å².